The lowest BCUT2D eigenvalue weighted by molar-refractivity contribution is 0.193. The molecule has 1 fully saturated rings. The minimum atomic E-state index is 0.371. The molecule has 7 nitrogen and oxygen atoms in total. The molecule has 0 aliphatic carbocycles. The molecule has 2 aromatic rings. The summed E-state index contributed by atoms with van der Waals surface area (Å²) in [5, 5.41) is 3.93. The molecule has 1 atom stereocenters. The Kier molecular flexibility index (Phi) is 4.62. The second-order valence-corrected chi connectivity index (χ2v) is 5.33. The van der Waals surface area contributed by atoms with Crippen molar-refractivity contribution in [2.24, 2.45) is 0 Å². The van der Waals surface area contributed by atoms with E-state index in [1.54, 1.807) is 6.33 Å². The number of hydrogen-bond donors (Lipinski definition) is 0. The van der Waals surface area contributed by atoms with Gasteiger partial charge >= 0.3 is 0 Å². The summed E-state index contributed by atoms with van der Waals surface area (Å²) in [6.07, 6.45) is 3.41. The minimum Gasteiger partial charge on any atom is -0.381 e. The van der Waals surface area contributed by atoms with Crippen molar-refractivity contribution < 1.29 is 9.26 Å². The lowest BCUT2D eigenvalue weighted by Gasteiger charge is -2.20. The normalized spacial score (nSPS) is 17.8. The van der Waals surface area contributed by atoms with Crippen LogP contribution in [0.4, 0.5) is 5.82 Å². The van der Waals surface area contributed by atoms with Gasteiger partial charge in [0.05, 0.1) is 18.8 Å². The van der Waals surface area contributed by atoms with Crippen LogP contribution in [0.3, 0.4) is 0 Å². The van der Waals surface area contributed by atoms with E-state index in [-0.39, 0.29) is 0 Å². The number of ether oxygens (including phenoxy) is 1. The van der Waals surface area contributed by atoms with Crippen LogP contribution in [0.5, 0.6) is 0 Å². The van der Waals surface area contributed by atoms with Crippen molar-refractivity contribution in [2.75, 3.05) is 24.7 Å². The molecule has 0 bridgehead atoms. The molecular weight excluding hydrogens is 282 g/mol. The Morgan fingerprint density at radius 1 is 1.32 bits per heavy atom. The topological polar surface area (TPSA) is 77.2 Å². The lowest BCUT2D eigenvalue weighted by atomic mass is 10.0. The average molecular weight is 303 g/mol. The smallest absolute Gasteiger partial charge is 0.246 e. The van der Waals surface area contributed by atoms with E-state index in [1.807, 2.05) is 13.0 Å². The third kappa shape index (κ3) is 3.24. The van der Waals surface area contributed by atoms with Gasteiger partial charge in [0, 0.05) is 31.6 Å². The highest BCUT2D eigenvalue weighted by molar-refractivity contribution is 5.39. The highest BCUT2D eigenvalue weighted by Gasteiger charge is 2.21. The molecule has 2 aromatic heterocycles. The summed E-state index contributed by atoms with van der Waals surface area (Å²) < 4.78 is 10.7. The third-order valence-corrected chi connectivity index (χ3v) is 3.88. The Balaban J connectivity index is 1.76. The monoisotopic (exact) mass is 303 g/mol. The molecule has 1 aliphatic rings. The summed E-state index contributed by atoms with van der Waals surface area (Å²) in [5.74, 6) is 2.60. The molecular formula is C15H21N5O2. The van der Waals surface area contributed by atoms with E-state index in [9.17, 15) is 0 Å². The van der Waals surface area contributed by atoms with Gasteiger partial charge in [-0.1, -0.05) is 12.1 Å². The van der Waals surface area contributed by atoms with Crippen LogP contribution in [0, 0.1) is 0 Å². The van der Waals surface area contributed by atoms with Gasteiger partial charge in [-0.25, -0.2) is 9.97 Å². The zero-order valence-electron chi connectivity index (χ0n) is 13.0. The maximum absolute atomic E-state index is 5.44. The fourth-order valence-corrected chi connectivity index (χ4v) is 2.54. The first kappa shape index (κ1) is 14.9. The maximum atomic E-state index is 5.44. The second-order valence-electron chi connectivity index (χ2n) is 5.33. The minimum absolute atomic E-state index is 0.371. The first-order valence-electron chi connectivity index (χ1n) is 7.76. The summed E-state index contributed by atoms with van der Waals surface area (Å²) in [6, 6.07) is 2.04. The summed E-state index contributed by atoms with van der Waals surface area (Å²) >= 11 is 0. The summed E-state index contributed by atoms with van der Waals surface area (Å²) in [7, 11) is 0. The molecule has 3 rings (SSSR count). The molecule has 1 aliphatic heterocycles. The van der Waals surface area contributed by atoms with Crippen molar-refractivity contribution in [3.8, 4) is 0 Å². The van der Waals surface area contributed by atoms with Crippen molar-refractivity contribution in [1.82, 2.24) is 20.1 Å². The standard InChI is InChI=1S/C15H21N5O2/c1-3-13-18-15(22-19-13)8-20(4-2)14-7-12(16-10-17-14)11-5-6-21-9-11/h7,10-11H,3-6,8-9H2,1-2H3/t11-/m0/s1. The van der Waals surface area contributed by atoms with Crippen LogP contribution < -0.4 is 4.90 Å². The molecule has 3 heterocycles. The Bertz CT molecular complexity index is 609. The predicted molar refractivity (Wildman–Crippen MR) is 80.6 cm³/mol. The number of nitrogens with zero attached hydrogens (tertiary/aromatic N) is 5. The van der Waals surface area contributed by atoms with Crippen LogP contribution in [0.25, 0.3) is 0 Å². The van der Waals surface area contributed by atoms with Crippen LogP contribution >= 0.6 is 0 Å². The van der Waals surface area contributed by atoms with E-state index < -0.39 is 0 Å². The lowest BCUT2D eigenvalue weighted by Crippen LogP contribution is -2.23. The highest BCUT2D eigenvalue weighted by atomic mass is 16.5. The van der Waals surface area contributed by atoms with Gasteiger partial charge < -0.3 is 14.2 Å². The number of rotatable bonds is 6. The number of hydrogen-bond acceptors (Lipinski definition) is 7. The molecule has 0 saturated carbocycles. The predicted octanol–water partition coefficient (Wildman–Crippen LogP) is 1.95. The highest BCUT2D eigenvalue weighted by Crippen LogP contribution is 2.25. The van der Waals surface area contributed by atoms with E-state index in [2.05, 4.69) is 31.9 Å². The second kappa shape index (κ2) is 6.83. The van der Waals surface area contributed by atoms with Gasteiger partial charge in [0.2, 0.25) is 5.89 Å². The molecule has 0 spiro atoms. The zero-order chi connectivity index (χ0) is 15.4. The Morgan fingerprint density at radius 3 is 2.91 bits per heavy atom. The Hall–Kier alpha value is -2.02. The molecule has 0 N–H and O–H groups in total. The van der Waals surface area contributed by atoms with Crippen molar-refractivity contribution in [2.45, 2.75) is 39.2 Å². The van der Waals surface area contributed by atoms with Gasteiger partial charge in [0.25, 0.3) is 0 Å². The molecule has 22 heavy (non-hydrogen) atoms. The van der Waals surface area contributed by atoms with E-state index >= 15 is 0 Å². The SMILES string of the molecule is CCc1noc(CN(CC)c2cc([C@H]3CCOC3)ncn2)n1. The molecule has 0 amide bonds. The number of anilines is 1. The largest absolute Gasteiger partial charge is 0.381 e. The fourth-order valence-electron chi connectivity index (χ4n) is 2.54. The Morgan fingerprint density at radius 2 is 2.23 bits per heavy atom. The zero-order valence-corrected chi connectivity index (χ0v) is 13.0. The van der Waals surface area contributed by atoms with Gasteiger partial charge in [0.1, 0.15) is 12.1 Å². The van der Waals surface area contributed by atoms with E-state index in [1.165, 1.54) is 0 Å². The molecule has 1 saturated heterocycles. The van der Waals surface area contributed by atoms with Gasteiger partial charge in [-0.3, -0.25) is 0 Å². The fraction of sp³-hybridized carbons (Fsp3) is 0.600. The van der Waals surface area contributed by atoms with Crippen LogP contribution in [0.15, 0.2) is 16.9 Å². The quantitative estimate of drug-likeness (QED) is 0.807. The van der Waals surface area contributed by atoms with E-state index in [0.717, 1.165) is 49.9 Å². The molecule has 0 unspecified atom stereocenters. The van der Waals surface area contributed by atoms with Gasteiger partial charge in [-0.2, -0.15) is 4.98 Å². The first-order chi connectivity index (χ1) is 10.8. The number of aromatic nitrogens is 4. The Labute approximate surface area is 129 Å². The first-order valence-corrected chi connectivity index (χ1v) is 7.76. The van der Waals surface area contributed by atoms with Crippen molar-refractivity contribution in [1.29, 1.82) is 0 Å². The summed E-state index contributed by atoms with van der Waals surface area (Å²) in [5.41, 5.74) is 1.04. The van der Waals surface area contributed by atoms with Gasteiger partial charge in [0.15, 0.2) is 5.82 Å². The van der Waals surface area contributed by atoms with Gasteiger partial charge in [-0.05, 0) is 13.3 Å². The van der Waals surface area contributed by atoms with Crippen molar-refractivity contribution in [3.05, 3.63) is 29.8 Å². The van der Waals surface area contributed by atoms with E-state index in [0.29, 0.717) is 18.4 Å². The molecule has 0 aromatic carbocycles. The van der Waals surface area contributed by atoms with Crippen LogP contribution in [0.2, 0.25) is 0 Å². The molecule has 7 heteroatoms. The van der Waals surface area contributed by atoms with Crippen molar-refractivity contribution in [3.63, 3.8) is 0 Å². The van der Waals surface area contributed by atoms with Crippen molar-refractivity contribution >= 4 is 5.82 Å². The summed E-state index contributed by atoms with van der Waals surface area (Å²) in [4.78, 5) is 15.2. The van der Waals surface area contributed by atoms with E-state index in [4.69, 9.17) is 9.26 Å². The van der Waals surface area contributed by atoms with Crippen LogP contribution in [-0.4, -0.2) is 39.9 Å². The summed E-state index contributed by atoms with van der Waals surface area (Å²) in [6.45, 7) is 7.00. The molecule has 118 valence electrons. The van der Waals surface area contributed by atoms with Crippen LogP contribution in [-0.2, 0) is 17.7 Å². The van der Waals surface area contributed by atoms with Crippen LogP contribution in [0.1, 0.15) is 43.6 Å². The average Bonchev–Trinajstić information content (AvgIpc) is 3.24. The number of aryl methyl sites for hydroxylation is 1. The third-order valence-electron chi connectivity index (χ3n) is 3.88. The molecule has 0 radical (unpaired) electrons. The maximum Gasteiger partial charge on any atom is 0.246 e. The van der Waals surface area contributed by atoms with Gasteiger partial charge in [-0.15, -0.1) is 0 Å².